The average molecular weight is 879 g/mol. The lowest BCUT2D eigenvalue weighted by Gasteiger charge is -2.38. The highest BCUT2D eigenvalue weighted by atomic mass is 19.4. The van der Waals surface area contributed by atoms with E-state index in [4.69, 9.17) is 32.2 Å². The number of carbonyl (C=O) groups is 5. The number of amidine groups is 1. The number of carbonyl (C=O) groups excluding carboxylic acids is 4. The number of nitrogens with two attached hydrogens (primary N) is 2. The molecule has 1 aliphatic heterocycles. The van der Waals surface area contributed by atoms with Crippen molar-refractivity contribution in [2.75, 3.05) is 37.6 Å². The molecule has 4 amide bonds. The largest absolute Gasteiger partial charge is 0.490 e. The monoisotopic (exact) mass is 878 g/mol. The zero-order valence-corrected chi connectivity index (χ0v) is 35.0. The Balaban J connectivity index is 0.00000115. The number of para-hydroxylation sites is 1. The van der Waals surface area contributed by atoms with Crippen LogP contribution in [0.25, 0.3) is 0 Å². The molecule has 0 aromatic heterocycles. The van der Waals surface area contributed by atoms with Gasteiger partial charge < -0.3 is 47.6 Å². The van der Waals surface area contributed by atoms with Crippen molar-refractivity contribution >= 4 is 47.1 Å². The lowest BCUT2D eigenvalue weighted by Crippen LogP contribution is -2.59. The van der Waals surface area contributed by atoms with E-state index in [9.17, 15) is 32.3 Å². The summed E-state index contributed by atoms with van der Waals surface area (Å²) >= 11 is 0. The number of amides is 4. The van der Waals surface area contributed by atoms with Gasteiger partial charge in [0.05, 0.1) is 0 Å². The van der Waals surface area contributed by atoms with E-state index in [2.05, 4.69) is 26.2 Å². The fraction of sp³-hybridized carbons (Fsp3) is 0.432. The van der Waals surface area contributed by atoms with Crippen LogP contribution in [0.5, 0.6) is 0 Å². The Hall–Kier alpha value is -6.66. The molecule has 2 aliphatic rings. The fourth-order valence-electron chi connectivity index (χ4n) is 7.48. The van der Waals surface area contributed by atoms with Gasteiger partial charge in [0.25, 0.3) is 0 Å². The standard InChI is InChI=1S/C42H56N10O4.C2HF3O2/c43-37(44)32-20-18-29(19-21-32)27-34(38(53)48-28-30-11-4-1-5-12-30)39(54)50-36(31-13-6-2-7-14-31)40(55)49-35(17-10-22-47-42(45)46)41(56)52-25-23-51(24-26-52)33-15-8-3-9-16-33;3-2(4,5)1(6)7/h1,3-5,8-9,11-12,15-16,18-21,31,34-36H,2,6-7,10,13-14,17,22-28H2,(H3,43,44)(H,48,53)(H,49,55)(H,50,54)(H4,45,46,47);(H,6,7)/t34?,35-,36-;/m0./s1. The number of aliphatic carboxylic acids is 1. The SMILES string of the molecule is N=C(N)NCCC[C@H](NC(=O)[C@@H](NC(=O)C(Cc1ccc(C(=N)N)cc1)C(=O)NCc1ccccc1)C1CCCCC1)C(=O)N1CCN(c2ccccc2)CC1.O=C(O)C(F)(F)F. The number of alkyl halides is 3. The van der Waals surface area contributed by atoms with E-state index in [1.807, 2.05) is 60.7 Å². The van der Waals surface area contributed by atoms with Crippen LogP contribution in [0.2, 0.25) is 0 Å². The zero-order valence-electron chi connectivity index (χ0n) is 35.0. The van der Waals surface area contributed by atoms with E-state index in [1.165, 1.54) is 0 Å². The van der Waals surface area contributed by atoms with Crippen molar-refractivity contribution in [1.29, 1.82) is 10.8 Å². The molecule has 1 saturated carbocycles. The summed E-state index contributed by atoms with van der Waals surface area (Å²) in [6.45, 7) is 2.85. The lowest BCUT2D eigenvalue weighted by atomic mass is 9.83. The van der Waals surface area contributed by atoms with Crippen LogP contribution >= 0.6 is 0 Å². The van der Waals surface area contributed by atoms with E-state index in [0.717, 1.165) is 43.4 Å². The van der Waals surface area contributed by atoms with Gasteiger partial charge >= 0.3 is 12.1 Å². The summed E-state index contributed by atoms with van der Waals surface area (Å²) in [5.41, 5.74) is 14.3. The Morgan fingerprint density at radius 1 is 0.746 bits per heavy atom. The van der Waals surface area contributed by atoms with Gasteiger partial charge in [0.2, 0.25) is 23.6 Å². The molecule has 2 fully saturated rings. The number of hydrogen-bond donors (Lipinski definition) is 9. The Morgan fingerprint density at radius 2 is 1.33 bits per heavy atom. The van der Waals surface area contributed by atoms with Gasteiger partial charge in [0.15, 0.2) is 5.96 Å². The third kappa shape index (κ3) is 16.0. The molecule has 0 bridgehead atoms. The molecule has 1 unspecified atom stereocenters. The van der Waals surface area contributed by atoms with Gasteiger partial charge in [-0.1, -0.05) is 92.1 Å². The molecule has 0 radical (unpaired) electrons. The van der Waals surface area contributed by atoms with Crippen molar-refractivity contribution in [2.45, 2.75) is 76.2 Å². The molecule has 63 heavy (non-hydrogen) atoms. The number of nitrogens with zero attached hydrogens (tertiary/aromatic N) is 2. The Labute approximate surface area is 364 Å². The first-order valence-corrected chi connectivity index (χ1v) is 20.9. The van der Waals surface area contributed by atoms with Crippen LogP contribution in [-0.4, -0.2) is 102 Å². The van der Waals surface area contributed by atoms with Crippen molar-refractivity contribution in [3.05, 3.63) is 102 Å². The summed E-state index contributed by atoms with van der Waals surface area (Å²) in [4.78, 5) is 69.5. The second-order valence-corrected chi connectivity index (χ2v) is 15.4. The smallest absolute Gasteiger partial charge is 0.475 e. The summed E-state index contributed by atoms with van der Waals surface area (Å²) in [5, 5.41) is 34.1. The van der Waals surface area contributed by atoms with Crippen LogP contribution in [-0.2, 0) is 36.9 Å². The number of hydrogen-bond acceptors (Lipinski definition) is 8. The molecule has 11 N–H and O–H groups in total. The highest BCUT2D eigenvalue weighted by Gasteiger charge is 2.39. The molecule has 3 atom stereocenters. The Morgan fingerprint density at radius 3 is 1.89 bits per heavy atom. The van der Waals surface area contributed by atoms with Crippen molar-refractivity contribution in [3.8, 4) is 0 Å². The van der Waals surface area contributed by atoms with Crippen LogP contribution in [0.1, 0.15) is 61.6 Å². The van der Waals surface area contributed by atoms with Crippen LogP contribution in [0, 0.1) is 22.7 Å². The molecule has 1 aliphatic carbocycles. The minimum absolute atomic E-state index is 0.0584. The quantitative estimate of drug-likeness (QED) is 0.0414. The first kappa shape index (κ1) is 49.0. The maximum absolute atomic E-state index is 14.4. The van der Waals surface area contributed by atoms with Crippen LogP contribution in [0.3, 0.4) is 0 Å². The van der Waals surface area contributed by atoms with E-state index in [1.54, 1.807) is 29.2 Å². The predicted molar refractivity (Wildman–Crippen MR) is 231 cm³/mol. The number of rotatable bonds is 17. The molecule has 3 aromatic rings. The summed E-state index contributed by atoms with van der Waals surface area (Å²) in [5.74, 6) is -6.09. The molecule has 16 nitrogen and oxygen atoms in total. The third-order valence-electron chi connectivity index (χ3n) is 10.9. The van der Waals surface area contributed by atoms with Gasteiger partial charge in [-0.25, -0.2) is 4.79 Å². The Bertz CT molecular complexity index is 1990. The first-order chi connectivity index (χ1) is 30.0. The molecule has 19 heteroatoms. The van der Waals surface area contributed by atoms with Crippen molar-refractivity contribution < 1.29 is 42.3 Å². The first-order valence-electron chi connectivity index (χ1n) is 20.9. The number of anilines is 1. The summed E-state index contributed by atoms with van der Waals surface area (Å²) in [6.07, 6.45) is 0.0120. The highest BCUT2D eigenvalue weighted by molar-refractivity contribution is 6.02. The second-order valence-electron chi connectivity index (χ2n) is 15.4. The molecular formula is C44H57F3N10O6. The van der Waals surface area contributed by atoms with E-state index in [0.29, 0.717) is 56.7 Å². The number of nitrogens with one attached hydrogen (secondary N) is 6. The summed E-state index contributed by atoms with van der Waals surface area (Å²) in [6, 6.07) is 24.4. The number of carboxylic acid groups (broad SMARTS) is 1. The second kappa shape index (κ2) is 24.1. The number of benzene rings is 3. The van der Waals surface area contributed by atoms with Gasteiger partial charge in [-0.15, -0.1) is 0 Å². The topological polar surface area (TPSA) is 260 Å². The van der Waals surface area contributed by atoms with E-state index >= 15 is 0 Å². The molecule has 0 spiro atoms. The summed E-state index contributed by atoms with van der Waals surface area (Å²) in [7, 11) is 0. The maximum Gasteiger partial charge on any atom is 0.490 e. The number of piperazine rings is 1. The molecule has 340 valence electrons. The van der Waals surface area contributed by atoms with E-state index in [-0.39, 0.29) is 36.6 Å². The van der Waals surface area contributed by atoms with Crippen molar-refractivity contribution in [1.82, 2.24) is 26.2 Å². The minimum Gasteiger partial charge on any atom is -0.475 e. The molecular weight excluding hydrogens is 822 g/mol. The fourth-order valence-corrected chi connectivity index (χ4v) is 7.48. The van der Waals surface area contributed by atoms with Crippen LogP contribution < -0.4 is 37.6 Å². The molecule has 1 heterocycles. The number of halogens is 3. The maximum atomic E-state index is 14.4. The van der Waals surface area contributed by atoms with Gasteiger partial charge in [-0.2, -0.15) is 13.2 Å². The van der Waals surface area contributed by atoms with Crippen LogP contribution in [0.15, 0.2) is 84.9 Å². The van der Waals surface area contributed by atoms with Gasteiger partial charge in [-0.05, 0) is 61.3 Å². The average Bonchev–Trinajstić information content (AvgIpc) is 3.28. The van der Waals surface area contributed by atoms with Crippen LogP contribution in [0.4, 0.5) is 18.9 Å². The highest BCUT2D eigenvalue weighted by Crippen LogP contribution is 2.28. The lowest BCUT2D eigenvalue weighted by molar-refractivity contribution is -0.192. The van der Waals surface area contributed by atoms with Gasteiger partial charge in [0, 0.05) is 50.5 Å². The number of carboxylic acids is 1. The van der Waals surface area contributed by atoms with Crippen molar-refractivity contribution in [2.24, 2.45) is 23.3 Å². The number of nitrogen functional groups attached to an aromatic ring is 1. The van der Waals surface area contributed by atoms with Gasteiger partial charge in [0.1, 0.15) is 23.8 Å². The zero-order chi connectivity index (χ0) is 45.9. The summed E-state index contributed by atoms with van der Waals surface area (Å²) < 4.78 is 31.7. The number of guanidine groups is 1. The van der Waals surface area contributed by atoms with E-state index < -0.39 is 47.9 Å². The Kier molecular flexibility index (Phi) is 18.7. The predicted octanol–water partition coefficient (Wildman–Crippen LogP) is 3.24. The normalized spacial score (nSPS) is 15.6. The third-order valence-corrected chi connectivity index (χ3v) is 10.9. The minimum atomic E-state index is -5.08. The molecule has 5 rings (SSSR count). The van der Waals surface area contributed by atoms with Crippen molar-refractivity contribution in [3.63, 3.8) is 0 Å². The molecule has 3 aromatic carbocycles. The molecule has 1 saturated heterocycles. The van der Waals surface area contributed by atoms with Gasteiger partial charge in [-0.3, -0.25) is 30.0 Å².